The van der Waals surface area contributed by atoms with Crippen LogP contribution in [-0.2, 0) is 16.0 Å². The van der Waals surface area contributed by atoms with Crippen LogP contribution < -0.4 is 0 Å². The smallest absolute Gasteiger partial charge is 0.315 e. The zero-order valence-corrected chi connectivity index (χ0v) is 6.24. The van der Waals surface area contributed by atoms with Crippen molar-refractivity contribution in [1.82, 2.24) is 4.98 Å². The number of rotatable bonds is 3. The molecule has 0 aliphatic carbocycles. The standard InChI is InChI=1S/C7H9NO3/c1-2-10-7(9)5-6-8-3-4-11-6/h3-4H,2,5H2,1H3. The number of carbonyl (C=O) groups is 1. The van der Waals surface area contributed by atoms with Gasteiger partial charge in [0.25, 0.3) is 0 Å². The van der Waals surface area contributed by atoms with Gasteiger partial charge in [-0.05, 0) is 6.92 Å². The summed E-state index contributed by atoms with van der Waals surface area (Å²) >= 11 is 0. The monoisotopic (exact) mass is 155 g/mol. The Morgan fingerprint density at radius 1 is 1.82 bits per heavy atom. The van der Waals surface area contributed by atoms with Crippen LogP contribution in [0.1, 0.15) is 12.8 Å². The SMILES string of the molecule is CCOC(=O)Cc1ncco1. The predicted molar refractivity (Wildman–Crippen MR) is 36.8 cm³/mol. The van der Waals surface area contributed by atoms with Crippen LogP contribution in [0, 0.1) is 0 Å². The third-order valence-corrected chi connectivity index (χ3v) is 1.08. The van der Waals surface area contributed by atoms with E-state index in [4.69, 9.17) is 4.42 Å². The minimum atomic E-state index is -0.310. The highest BCUT2D eigenvalue weighted by molar-refractivity contribution is 5.71. The number of esters is 1. The molecule has 1 aromatic heterocycles. The van der Waals surface area contributed by atoms with E-state index in [1.807, 2.05) is 0 Å². The number of hydrogen-bond acceptors (Lipinski definition) is 4. The van der Waals surface area contributed by atoms with Crippen molar-refractivity contribution in [2.75, 3.05) is 6.61 Å². The first-order chi connectivity index (χ1) is 5.33. The third-order valence-electron chi connectivity index (χ3n) is 1.08. The van der Waals surface area contributed by atoms with Crippen molar-refractivity contribution >= 4 is 5.97 Å². The van der Waals surface area contributed by atoms with Gasteiger partial charge in [0.05, 0.1) is 12.8 Å². The second kappa shape index (κ2) is 3.75. The van der Waals surface area contributed by atoms with Crippen LogP contribution in [-0.4, -0.2) is 17.6 Å². The highest BCUT2D eigenvalue weighted by Crippen LogP contribution is 1.96. The lowest BCUT2D eigenvalue weighted by Crippen LogP contribution is -2.07. The molecule has 0 aromatic carbocycles. The van der Waals surface area contributed by atoms with Crippen LogP contribution in [0.15, 0.2) is 16.9 Å². The molecule has 0 N–H and O–H groups in total. The van der Waals surface area contributed by atoms with Crippen molar-refractivity contribution in [3.8, 4) is 0 Å². The fourth-order valence-corrected chi connectivity index (χ4v) is 0.676. The van der Waals surface area contributed by atoms with Gasteiger partial charge in [-0.25, -0.2) is 4.98 Å². The van der Waals surface area contributed by atoms with Crippen LogP contribution in [0.2, 0.25) is 0 Å². The maximum Gasteiger partial charge on any atom is 0.315 e. The van der Waals surface area contributed by atoms with Gasteiger partial charge in [0.2, 0.25) is 5.89 Å². The highest BCUT2D eigenvalue weighted by Gasteiger charge is 2.06. The molecule has 0 fully saturated rings. The van der Waals surface area contributed by atoms with Crippen LogP contribution in [0.5, 0.6) is 0 Å². The molecule has 0 unspecified atom stereocenters. The van der Waals surface area contributed by atoms with Crippen LogP contribution >= 0.6 is 0 Å². The van der Waals surface area contributed by atoms with Gasteiger partial charge >= 0.3 is 5.97 Å². The second-order valence-electron chi connectivity index (χ2n) is 1.91. The first-order valence-corrected chi connectivity index (χ1v) is 3.37. The molecule has 1 heterocycles. The second-order valence-corrected chi connectivity index (χ2v) is 1.91. The summed E-state index contributed by atoms with van der Waals surface area (Å²) < 4.78 is 9.51. The van der Waals surface area contributed by atoms with E-state index in [1.165, 1.54) is 12.5 Å². The van der Waals surface area contributed by atoms with Gasteiger partial charge in [-0.1, -0.05) is 0 Å². The minimum Gasteiger partial charge on any atom is -0.466 e. The summed E-state index contributed by atoms with van der Waals surface area (Å²) in [7, 11) is 0. The van der Waals surface area contributed by atoms with E-state index >= 15 is 0 Å². The van der Waals surface area contributed by atoms with E-state index < -0.39 is 0 Å². The Morgan fingerprint density at radius 2 is 2.64 bits per heavy atom. The molecular weight excluding hydrogens is 146 g/mol. The van der Waals surface area contributed by atoms with Gasteiger partial charge in [0, 0.05) is 0 Å². The quantitative estimate of drug-likeness (QED) is 0.605. The summed E-state index contributed by atoms with van der Waals surface area (Å²) in [5.41, 5.74) is 0. The summed E-state index contributed by atoms with van der Waals surface area (Å²) in [5, 5.41) is 0. The number of hydrogen-bond donors (Lipinski definition) is 0. The van der Waals surface area contributed by atoms with Crippen LogP contribution in [0.25, 0.3) is 0 Å². The predicted octanol–water partition coefficient (Wildman–Crippen LogP) is 0.780. The molecule has 0 bridgehead atoms. The van der Waals surface area contributed by atoms with Crippen LogP contribution in [0.3, 0.4) is 0 Å². The lowest BCUT2D eigenvalue weighted by Gasteiger charge is -1.96. The molecule has 11 heavy (non-hydrogen) atoms. The largest absolute Gasteiger partial charge is 0.466 e. The molecule has 4 heteroatoms. The Morgan fingerprint density at radius 3 is 3.18 bits per heavy atom. The van der Waals surface area contributed by atoms with E-state index in [9.17, 15) is 4.79 Å². The molecule has 0 amide bonds. The van der Waals surface area contributed by atoms with Gasteiger partial charge in [0.15, 0.2) is 0 Å². The molecule has 60 valence electrons. The Kier molecular flexibility index (Phi) is 2.66. The summed E-state index contributed by atoms with van der Waals surface area (Å²) in [4.78, 5) is 14.6. The molecule has 0 aliphatic heterocycles. The zero-order valence-electron chi connectivity index (χ0n) is 6.24. The van der Waals surface area contributed by atoms with Gasteiger partial charge in [-0.3, -0.25) is 4.79 Å². The molecule has 0 aliphatic rings. The van der Waals surface area contributed by atoms with E-state index in [1.54, 1.807) is 6.92 Å². The molecule has 0 radical (unpaired) electrons. The average Bonchev–Trinajstić information content (AvgIpc) is 2.40. The van der Waals surface area contributed by atoms with Gasteiger partial charge in [-0.2, -0.15) is 0 Å². The molecule has 0 saturated carbocycles. The van der Waals surface area contributed by atoms with Gasteiger partial charge in [-0.15, -0.1) is 0 Å². The Bertz CT molecular complexity index is 218. The summed E-state index contributed by atoms with van der Waals surface area (Å²) in [6.07, 6.45) is 3.03. The van der Waals surface area contributed by atoms with Crippen molar-refractivity contribution in [2.45, 2.75) is 13.3 Å². The zero-order chi connectivity index (χ0) is 8.10. The van der Waals surface area contributed by atoms with Gasteiger partial charge in [0.1, 0.15) is 12.7 Å². The van der Waals surface area contributed by atoms with Crippen molar-refractivity contribution in [3.63, 3.8) is 0 Å². The van der Waals surface area contributed by atoms with Crippen LogP contribution in [0.4, 0.5) is 0 Å². The lowest BCUT2D eigenvalue weighted by atomic mass is 10.4. The fourth-order valence-electron chi connectivity index (χ4n) is 0.676. The van der Waals surface area contributed by atoms with E-state index in [0.717, 1.165) is 0 Å². The minimum absolute atomic E-state index is 0.112. The normalized spacial score (nSPS) is 9.55. The number of nitrogens with zero attached hydrogens (tertiary/aromatic N) is 1. The van der Waals surface area contributed by atoms with Crippen molar-refractivity contribution in [2.24, 2.45) is 0 Å². The molecular formula is C7H9NO3. The number of carbonyl (C=O) groups excluding carboxylic acids is 1. The first-order valence-electron chi connectivity index (χ1n) is 3.37. The first kappa shape index (κ1) is 7.78. The van der Waals surface area contributed by atoms with Crippen molar-refractivity contribution in [1.29, 1.82) is 0 Å². The molecule has 4 nitrogen and oxygen atoms in total. The molecule has 0 saturated heterocycles. The van der Waals surface area contributed by atoms with Crippen molar-refractivity contribution < 1.29 is 13.9 Å². The molecule has 0 atom stereocenters. The summed E-state index contributed by atoms with van der Waals surface area (Å²) in [5.74, 6) is 0.0819. The maximum atomic E-state index is 10.8. The average molecular weight is 155 g/mol. The number of ether oxygens (including phenoxy) is 1. The molecule has 1 rings (SSSR count). The van der Waals surface area contributed by atoms with Crippen molar-refractivity contribution in [3.05, 3.63) is 18.4 Å². The lowest BCUT2D eigenvalue weighted by molar-refractivity contribution is -0.142. The van der Waals surface area contributed by atoms with E-state index in [0.29, 0.717) is 12.5 Å². The Hall–Kier alpha value is -1.32. The summed E-state index contributed by atoms with van der Waals surface area (Å²) in [6, 6.07) is 0. The molecule has 1 aromatic rings. The van der Waals surface area contributed by atoms with Gasteiger partial charge < -0.3 is 9.15 Å². The Labute approximate surface area is 64.2 Å². The third kappa shape index (κ3) is 2.41. The maximum absolute atomic E-state index is 10.8. The Balaban J connectivity index is 2.37. The number of aromatic nitrogens is 1. The topological polar surface area (TPSA) is 52.3 Å². The summed E-state index contributed by atoms with van der Waals surface area (Å²) in [6.45, 7) is 2.15. The number of oxazole rings is 1. The van der Waals surface area contributed by atoms with E-state index in [2.05, 4.69) is 9.72 Å². The fraction of sp³-hybridized carbons (Fsp3) is 0.429. The highest BCUT2D eigenvalue weighted by atomic mass is 16.5. The van der Waals surface area contributed by atoms with E-state index in [-0.39, 0.29) is 12.4 Å². The molecule has 0 spiro atoms.